The first kappa shape index (κ1) is 17.3. The van der Waals surface area contributed by atoms with Gasteiger partial charge in [-0.05, 0) is 26.8 Å². The van der Waals surface area contributed by atoms with Gasteiger partial charge in [-0.3, -0.25) is 0 Å². The second-order valence-electron chi connectivity index (χ2n) is 5.44. The minimum atomic E-state index is -0.117. The number of thiazole rings is 1. The van der Waals surface area contributed by atoms with Crippen molar-refractivity contribution in [2.24, 2.45) is 0 Å². The van der Waals surface area contributed by atoms with E-state index in [2.05, 4.69) is 10.3 Å². The molecule has 2 aromatic rings. The van der Waals surface area contributed by atoms with Gasteiger partial charge in [-0.2, -0.15) is 0 Å². The van der Waals surface area contributed by atoms with Crippen molar-refractivity contribution < 1.29 is 9.53 Å². The van der Waals surface area contributed by atoms with Gasteiger partial charge in [-0.25, -0.2) is 9.78 Å². The average molecular weight is 333 g/mol. The van der Waals surface area contributed by atoms with Crippen LogP contribution in [0.3, 0.4) is 0 Å². The molecule has 0 spiro atoms. The molecule has 6 heteroatoms. The Kier molecular flexibility index (Phi) is 5.60. The van der Waals surface area contributed by atoms with E-state index in [1.54, 1.807) is 30.4 Å². The summed E-state index contributed by atoms with van der Waals surface area (Å²) in [4.78, 5) is 19.7. The van der Waals surface area contributed by atoms with Crippen LogP contribution < -0.4 is 10.1 Å². The van der Waals surface area contributed by atoms with Crippen LogP contribution in [0, 0.1) is 13.8 Å². The maximum atomic E-state index is 12.4. The lowest BCUT2D eigenvalue weighted by atomic mass is 10.2. The number of carbonyl (C=O) groups is 1. The van der Waals surface area contributed by atoms with Crippen molar-refractivity contribution in [3.8, 4) is 5.75 Å². The molecule has 2 rings (SSSR count). The molecule has 1 heterocycles. The van der Waals surface area contributed by atoms with Crippen LogP contribution in [0.1, 0.15) is 34.1 Å². The van der Waals surface area contributed by atoms with Gasteiger partial charge in [0.15, 0.2) is 0 Å². The quantitative estimate of drug-likeness (QED) is 0.908. The standard InChI is InChI=1S/C17H23N3O2S/c1-11-16(23-13(3)19-11)12(2)20(4)17(21)18-10-14-8-6-7-9-15(14)22-5/h6-9,12H,10H2,1-5H3,(H,18,21)/t12-/m1/s1. The van der Waals surface area contributed by atoms with Crippen molar-refractivity contribution in [2.45, 2.75) is 33.4 Å². The number of urea groups is 1. The molecule has 0 bridgehead atoms. The zero-order valence-corrected chi connectivity index (χ0v) is 15.0. The number of hydrogen-bond acceptors (Lipinski definition) is 4. The average Bonchev–Trinajstić information content (AvgIpc) is 2.89. The second kappa shape index (κ2) is 7.46. The Labute approximate surface area is 141 Å². The van der Waals surface area contributed by atoms with Gasteiger partial charge in [0, 0.05) is 24.0 Å². The first-order valence-electron chi connectivity index (χ1n) is 7.50. The summed E-state index contributed by atoms with van der Waals surface area (Å²) in [7, 11) is 3.43. The third-order valence-electron chi connectivity index (χ3n) is 3.84. The number of amides is 2. The van der Waals surface area contributed by atoms with Crippen molar-refractivity contribution in [2.75, 3.05) is 14.2 Å². The highest BCUT2D eigenvalue weighted by molar-refractivity contribution is 7.11. The molecule has 2 amide bonds. The summed E-state index contributed by atoms with van der Waals surface area (Å²) in [5.74, 6) is 0.775. The van der Waals surface area contributed by atoms with E-state index in [4.69, 9.17) is 4.74 Å². The Balaban J connectivity index is 2.01. The van der Waals surface area contributed by atoms with E-state index in [-0.39, 0.29) is 12.1 Å². The van der Waals surface area contributed by atoms with Crippen LogP contribution in [0.4, 0.5) is 4.79 Å². The number of methoxy groups -OCH3 is 1. The third-order valence-corrected chi connectivity index (χ3v) is 5.09. The monoisotopic (exact) mass is 333 g/mol. The molecule has 0 radical (unpaired) electrons. The van der Waals surface area contributed by atoms with Gasteiger partial charge >= 0.3 is 6.03 Å². The second-order valence-corrected chi connectivity index (χ2v) is 6.67. The van der Waals surface area contributed by atoms with Crippen molar-refractivity contribution in [3.63, 3.8) is 0 Å². The fourth-order valence-corrected chi connectivity index (χ4v) is 3.45. The maximum absolute atomic E-state index is 12.4. The van der Waals surface area contributed by atoms with Crippen LogP contribution in [0.25, 0.3) is 0 Å². The number of aryl methyl sites for hydroxylation is 2. The highest BCUT2D eigenvalue weighted by atomic mass is 32.1. The Hall–Kier alpha value is -2.08. The minimum Gasteiger partial charge on any atom is -0.496 e. The molecule has 23 heavy (non-hydrogen) atoms. The number of carbonyl (C=O) groups excluding carboxylic acids is 1. The molecule has 124 valence electrons. The summed E-state index contributed by atoms with van der Waals surface area (Å²) in [6, 6.07) is 7.54. The molecule has 1 N–H and O–H groups in total. The van der Waals surface area contributed by atoms with Crippen LogP contribution in [0.2, 0.25) is 0 Å². The first-order valence-corrected chi connectivity index (χ1v) is 8.32. The van der Waals surface area contributed by atoms with Gasteiger partial charge in [-0.1, -0.05) is 18.2 Å². The topological polar surface area (TPSA) is 54.5 Å². The summed E-state index contributed by atoms with van der Waals surface area (Å²) in [6.45, 7) is 6.41. The predicted molar refractivity (Wildman–Crippen MR) is 93.0 cm³/mol. The number of rotatable bonds is 5. The fourth-order valence-electron chi connectivity index (χ4n) is 2.43. The fraction of sp³-hybridized carbons (Fsp3) is 0.412. The molecular formula is C17H23N3O2S. The molecule has 0 aliphatic rings. The normalized spacial score (nSPS) is 11.9. The molecule has 1 atom stereocenters. The molecule has 1 aromatic carbocycles. The lowest BCUT2D eigenvalue weighted by Gasteiger charge is -2.25. The number of nitrogens with one attached hydrogen (secondary N) is 1. The minimum absolute atomic E-state index is 0.0149. The van der Waals surface area contributed by atoms with Crippen LogP contribution >= 0.6 is 11.3 Å². The highest BCUT2D eigenvalue weighted by Gasteiger charge is 2.21. The zero-order chi connectivity index (χ0) is 17.0. The van der Waals surface area contributed by atoms with Gasteiger partial charge in [0.25, 0.3) is 0 Å². The maximum Gasteiger partial charge on any atom is 0.317 e. The molecular weight excluding hydrogens is 310 g/mol. The van der Waals surface area contributed by atoms with E-state index in [0.29, 0.717) is 6.54 Å². The van der Waals surface area contributed by atoms with E-state index >= 15 is 0 Å². The Morgan fingerprint density at radius 2 is 2.09 bits per heavy atom. The van der Waals surface area contributed by atoms with E-state index in [1.807, 2.05) is 45.0 Å². The van der Waals surface area contributed by atoms with Crippen molar-refractivity contribution in [1.29, 1.82) is 0 Å². The van der Waals surface area contributed by atoms with Crippen molar-refractivity contribution in [1.82, 2.24) is 15.2 Å². The van der Waals surface area contributed by atoms with E-state index in [1.165, 1.54) is 0 Å². The van der Waals surface area contributed by atoms with Crippen LogP contribution in [-0.2, 0) is 6.54 Å². The van der Waals surface area contributed by atoms with Crippen LogP contribution in [0.15, 0.2) is 24.3 Å². The molecule has 0 unspecified atom stereocenters. The largest absolute Gasteiger partial charge is 0.496 e. The Morgan fingerprint density at radius 1 is 1.39 bits per heavy atom. The van der Waals surface area contributed by atoms with Gasteiger partial charge in [0.1, 0.15) is 5.75 Å². The molecule has 0 saturated heterocycles. The van der Waals surface area contributed by atoms with Gasteiger partial charge in [-0.15, -0.1) is 11.3 Å². The number of ether oxygens (including phenoxy) is 1. The van der Waals surface area contributed by atoms with Gasteiger partial charge in [0.2, 0.25) is 0 Å². The Bertz CT molecular complexity index is 684. The van der Waals surface area contributed by atoms with E-state index < -0.39 is 0 Å². The number of hydrogen-bond donors (Lipinski definition) is 1. The molecule has 0 aliphatic heterocycles. The third kappa shape index (κ3) is 4.01. The molecule has 0 fully saturated rings. The van der Waals surface area contributed by atoms with Gasteiger partial charge < -0.3 is 15.0 Å². The summed E-state index contributed by atoms with van der Waals surface area (Å²) < 4.78 is 5.30. The van der Waals surface area contributed by atoms with E-state index in [9.17, 15) is 4.79 Å². The molecule has 0 aliphatic carbocycles. The number of benzene rings is 1. The highest BCUT2D eigenvalue weighted by Crippen LogP contribution is 2.28. The number of aromatic nitrogens is 1. The molecule has 1 aromatic heterocycles. The Morgan fingerprint density at radius 3 is 2.70 bits per heavy atom. The summed E-state index contributed by atoms with van der Waals surface area (Å²) in [6.07, 6.45) is 0. The summed E-state index contributed by atoms with van der Waals surface area (Å²) >= 11 is 1.64. The molecule has 0 saturated carbocycles. The lowest BCUT2D eigenvalue weighted by molar-refractivity contribution is 0.194. The van der Waals surface area contributed by atoms with Crippen LogP contribution in [0.5, 0.6) is 5.75 Å². The summed E-state index contributed by atoms with van der Waals surface area (Å²) in [5, 5.41) is 3.96. The lowest BCUT2D eigenvalue weighted by Crippen LogP contribution is -2.38. The number of nitrogens with zero attached hydrogens (tertiary/aromatic N) is 2. The zero-order valence-electron chi connectivity index (χ0n) is 14.2. The van der Waals surface area contributed by atoms with Crippen molar-refractivity contribution >= 4 is 17.4 Å². The predicted octanol–water partition coefficient (Wildman–Crippen LogP) is 3.67. The van der Waals surface area contributed by atoms with Gasteiger partial charge in [0.05, 0.1) is 23.9 Å². The number of para-hydroxylation sites is 1. The van der Waals surface area contributed by atoms with E-state index in [0.717, 1.165) is 26.9 Å². The SMILES string of the molecule is COc1ccccc1CNC(=O)N(C)[C@H](C)c1sc(C)nc1C. The molecule has 5 nitrogen and oxygen atoms in total. The first-order chi connectivity index (χ1) is 10.9. The smallest absolute Gasteiger partial charge is 0.317 e. The van der Waals surface area contributed by atoms with Crippen molar-refractivity contribution in [3.05, 3.63) is 45.4 Å². The summed E-state index contributed by atoms with van der Waals surface area (Å²) in [5.41, 5.74) is 1.94. The van der Waals surface area contributed by atoms with Crippen LogP contribution in [-0.4, -0.2) is 30.1 Å².